The first-order valence-electron chi connectivity index (χ1n) is 8.79. The van der Waals surface area contributed by atoms with Crippen molar-refractivity contribution in [1.29, 1.82) is 0 Å². The average Bonchev–Trinajstić information content (AvgIpc) is 3.06. The van der Waals surface area contributed by atoms with Gasteiger partial charge < -0.3 is 9.88 Å². The lowest BCUT2D eigenvalue weighted by atomic mass is 9.86. The van der Waals surface area contributed by atoms with Gasteiger partial charge in [0.25, 0.3) is 0 Å². The Morgan fingerprint density at radius 2 is 1.81 bits per heavy atom. The second-order valence-corrected chi connectivity index (χ2v) is 7.66. The summed E-state index contributed by atoms with van der Waals surface area (Å²) in [4.78, 5) is 15.6. The molecule has 0 aliphatic heterocycles. The number of imidazole rings is 1. The Kier molecular flexibility index (Phi) is 4.94. The van der Waals surface area contributed by atoms with Crippen molar-refractivity contribution in [3.8, 4) is 11.1 Å². The fourth-order valence-corrected chi connectivity index (χ4v) is 2.98. The molecule has 4 heteroatoms. The zero-order valence-electron chi connectivity index (χ0n) is 15.8. The Hall–Kier alpha value is -2.88. The number of amides is 1. The number of hydrogen-bond acceptors (Lipinski definition) is 2. The Morgan fingerprint density at radius 1 is 1.08 bits per heavy atom. The normalized spacial score (nSPS) is 11.4. The van der Waals surface area contributed by atoms with E-state index in [-0.39, 0.29) is 11.3 Å². The van der Waals surface area contributed by atoms with Crippen LogP contribution in [0.1, 0.15) is 38.8 Å². The lowest BCUT2D eigenvalue weighted by Gasteiger charge is -2.19. The van der Waals surface area contributed by atoms with Crippen LogP contribution >= 0.6 is 0 Å². The molecule has 0 saturated carbocycles. The van der Waals surface area contributed by atoms with Gasteiger partial charge in [0.2, 0.25) is 5.91 Å². The summed E-state index contributed by atoms with van der Waals surface area (Å²) in [7, 11) is 0. The van der Waals surface area contributed by atoms with Crippen molar-refractivity contribution < 1.29 is 4.79 Å². The molecule has 0 aliphatic carbocycles. The molecule has 0 bridgehead atoms. The van der Waals surface area contributed by atoms with Crippen molar-refractivity contribution in [2.45, 2.75) is 39.7 Å². The largest absolute Gasteiger partial charge is 0.333 e. The average molecular weight is 347 g/mol. The SMILES string of the molecule is CC(=O)Nc1cc(Cn2ccnc2)cc(-c2ccc(C(C)(C)C)cc2)c1. The molecule has 3 aromatic rings. The second kappa shape index (κ2) is 7.16. The lowest BCUT2D eigenvalue weighted by Crippen LogP contribution is -2.10. The Bertz CT molecular complexity index is 888. The number of benzene rings is 2. The molecule has 2 aromatic carbocycles. The number of carbonyl (C=O) groups is 1. The minimum absolute atomic E-state index is 0.0705. The van der Waals surface area contributed by atoms with E-state index in [1.54, 1.807) is 12.5 Å². The minimum Gasteiger partial charge on any atom is -0.333 e. The third kappa shape index (κ3) is 4.39. The van der Waals surface area contributed by atoms with Gasteiger partial charge in [0.05, 0.1) is 6.33 Å². The van der Waals surface area contributed by atoms with Gasteiger partial charge in [-0.2, -0.15) is 0 Å². The van der Waals surface area contributed by atoms with Gasteiger partial charge in [0.1, 0.15) is 0 Å². The predicted molar refractivity (Wildman–Crippen MR) is 106 cm³/mol. The topological polar surface area (TPSA) is 46.9 Å². The standard InChI is InChI=1S/C22H25N3O/c1-16(26)24-21-12-17(14-25-10-9-23-15-25)11-19(13-21)18-5-7-20(8-6-18)22(2,3)4/h5-13,15H,14H2,1-4H3,(H,24,26). The number of rotatable bonds is 4. The van der Waals surface area contributed by atoms with E-state index < -0.39 is 0 Å². The van der Waals surface area contributed by atoms with Crippen LogP contribution < -0.4 is 5.32 Å². The molecule has 1 aromatic heterocycles. The molecular weight excluding hydrogens is 322 g/mol. The van der Waals surface area contributed by atoms with E-state index in [4.69, 9.17) is 0 Å². The zero-order valence-corrected chi connectivity index (χ0v) is 15.8. The van der Waals surface area contributed by atoms with Crippen molar-refractivity contribution >= 4 is 11.6 Å². The van der Waals surface area contributed by atoms with E-state index in [0.717, 1.165) is 22.4 Å². The van der Waals surface area contributed by atoms with Crippen LogP contribution in [0.25, 0.3) is 11.1 Å². The summed E-state index contributed by atoms with van der Waals surface area (Å²) in [6.45, 7) is 8.87. The van der Waals surface area contributed by atoms with Gasteiger partial charge in [-0.15, -0.1) is 0 Å². The van der Waals surface area contributed by atoms with Gasteiger partial charge >= 0.3 is 0 Å². The number of anilines is 1. The third-order valence-corrected chi connectivity index (χ3v) is 4.32. The van der Waals surface area contributed by atoms with Crippen LogP contribution in [0.3, 0.4) is 0 Å². The molecule has 0 unspecified atom stereocenters. The quantitative estimate of drug-likeness (QED) is 0.733. The van der Waals surface area contributed by atoms with Crippen LogP contribution in [0.5, 0.6) is 0 Å². The molecule has 26 heavy (non-hydrogen) atoms. The molecular formula is C22H25N3O. The van der Waals surface area contributed by atoms with E-state index >= 15 is 0 Å². The van der Waals surface area contributed by atoms with E-state index in [2.05, 4.69) is 61.4 Å². The minimum atomic E-state index is -0.0705. The Labute approximate surface area is 154 Å². The second-order valence-electron chi connectivity index (χ2n) is 7.66. The van der Waals surface area contributed by atoms with Gasteiger partial charge in [-0.1, -0.05) is 45.0 Å². The molecule has 1 N–H and O–H groups in total. The maximum atomic E-state index is 11.5. The molecule has 0 fully saturated rings. The van der Waals surface area contributed by atoms with Crippen LogP contribution in [-0.4, -0.2) is 15.5 Å². The van der Waals surface area contributed by atoms with E-state index in [1.165, 1.54) is 12.5 Å². The van der Waals surface area contributed by atoms with Crippen molar-refractivity contribution in [3.05, 3.63) is 72.3 Å². The summed E-state index contributed by atoms with van der Waals surface area (Å²) < 4.78 is 2.01. The number of nitrogens with one attached hydrogen (secondary N) is 1. The molecule has 0 radical (unpaired) electrons. The van der Waals surface area contributed by atoms with Gasteiger partial charge in [-0.05, 0) is 45.9 Å². The fourth-order valence-electron chi connectivity index (χ4n) is 2.98. The number of nitrogens with zero attached hydrogens (tertiary/aromatic N) is 2. The van der Waals surface area contributed by atoms with Crippen LogP contribution in [-0.2, 0) is 16.8 Å². The third-order valence-electron chi connectivity index (χ3n) is 4.32. The highest BCUT2D eigenvalue weighted by Crippen LogP contribution is 2.29. The summed E-state index contributed by atoms with van der Waals surface area (Å²) >= 11 is 0. The van der Waals surface area contributed by atoms with Crippen LogP contribution in [0.2, 0.25) is 0 Å². The fraction of sp³-hybridized carbons (Fsp3) is 0.273. The van der Waals surface area contributed by atoms with Crippen molar-refractivity contribution in [2.75, 3.05) is 5.32 Å². The van der Waals surface area contributed by atoms with Crippen LogP contribution in [0.4, 0.5) is 5.69 Å². The van der Waals surface area contributed by atoms with Crippen molar-refractivity contribution in [3.63, 3.8) is 0 Å². The monoisotopic (exact) mass is 347 g/mol. The summed E-state index contributed by atoms with van der Waals surface area (Å²) in [5, 5.41) is 2.91. The Balaban J connectivity index is 1.97. The highest BCUT2D eigenvalue weighted by molar-refractivity contribution is 5.89. The molecule has 3 rings (SSSR count). The van der Waals surface area contributed by atoms with Gasteiger partial charge in [0, 0.05) is 31.5 Å². The maximum Gasteiger partial charge on any atom is 0.221 e. The highest BCUT2D eigenvalue weighted by Gasteiger charge is 2.13. The molecule has 4 nitrogen and oxygen atoms in total. The molecule has 1 amide bonds. The van der Waals surface area contributed by atoms with Crippen molar-refractivity contribution in [1.82, 2.24) is 9.55 Å². The Morgan fingerprint density at radius 3 is 2.38 bits per heavy atom. The summed E-state index contributed by atoms with van der Waals surface area (Å²) in [5.41, 5.74) is 5.58. The molecule has 0 spiro atoms. The predicted octanol–water partition coefficient (Wildman–Crippen LogP) is 4.85. The molecule has 1 heterocycles. The lowest BCUT2D eigenvalue weighted by molar-refractivity contribution is -0.114. The van der Waals surface area contributed by atoms with Crippen LogP contribution in [0.15, 0.2) is 61.2 Å². The van der Waals surface area contributed by atoms with Crippen molar-refractivity contribution in [2.24, 2.45) is 0 Å². The first kappa shape index (κ1) is 17.9. The summed E-state index contributed by atoms with van der Waals surface area (Å²) in [6.07, 6.45) is 5.50. The van der Waals surface area contributed by atoms with E-state index in [0.29, 0.717) is 6.54 Å². The van der Waals surface area contributed by atoms with Crippen LogP contribution in [0, 0.1) is 0 Å². The molecule has 0 atom stereocenters. The maximum absolute atomic E-state index is 11.5. The first-order chi connectivity index (χ1) is 12.3. The molecule has 134 valence electrons. The number of hydrogen-bond donors (Lipinski definition) is 1. The zero-order chi connectivity index (χ0) is 18.7. The highest BCUT2D eigenvalue weighted by atomic mass is 16.1. The van der Waals surface area contributed by atoms with E-state index in [1.807, 2.05) is 22.9 Å². The first-order valence-corrected chi connectivity index (χ1v) is 8.79. The molecule has 0 aliphatic rings. The van der Waals surface area contributed by atoms with E-state index in [9.17, 15) is 4.79 Å². The number of carbonyl (C=O) groups excluding carboxylic acids is 1. The van der Waals surface area contributed by atoms with Gasteiger partial charge in [0.15, 0.2) is 0 Å². The molecule has 0 saturated heterocycles. The summed E-state index contributed by atoms with van der Waals surface area (Å²) in [6, 6.07) is 14.8. The van der Waals surface area contributed by atoms with Gasteiger partial charge in [-0.25, -0.2) is 4.98 Å². The smallest absolute Gasteiger partial charge is 0.221 e. The van der Waals surface area contributed by atoms with Gasteiger partial charge in [-0.3, -0.25) is 4.79 Å². The summed E-state index contributed by atoms with van der Waals surface area (Å²) in [5.74, 6) is -0.0705. The number of aromatic nitrogens is 2.